The van der Waals surface area contributed by atoms with E-state index in [2.05, 4.69) is 0 Å². The maximum atomic E-state index is 12.1. The molecule has 1 aliphatic heterocycles. The van der Waals surface area contributed by atoms with Crippen LogP contribution in [-0.2, 0) is 9.47 Å². The molecule has 0 amide bonds. The molecule has 0 saturated carbocycles. The first-order valence-corrected chi connectivity index (χ1v) is 9.92. The van der Waals surface area contributed by atoms with Crippen molar-refractivity contribution in [1.82, 2.24) is 0 Å². The van der Waals surface area contributed by atoms with E-state index in [-0.39, 0.29) is 16.9 Å². The summed E-state index contributed by atoms with van der Waals surface area (Å²) in [5.41, 5.74) is 0.315. The van der Waals surface area contributed by atoms with Gasteiger partial charge in [-0.05, 0) is 18.2 Å². The lowest BCUT2D eigenvalue weighted by Crippen LogP contribution is -2.42. The van der Waals surface area contributed by atoms with E-state index in [1.165, 1.54) is 18.2 Å². The lowest BCUT2D eigenvalue weighted by Gasteiger charge is -2.38. The minimum absolute atomic E-state index is 0.0804. The molecule has 2 unspecified atom stereocenters. The Labute approximate surface area is 193 Å². The lowest BCUT2D eigenvalue weighted by atomic mass is 10.0. The minimum Gasteiger partial charge on any atom is -0.460 e. The molecule has 0 aliphatic carbocycles. The predicted molar refractivity (Wildman–Crippen MR) is 106 cm³/mol. The van der Waals surface area contributed by atoms with Gasteiger partial charge in [-0.2, -0.15) is 0 Å². The third-order valence-corrected chi connectivity index (χ3v) is 4.41. The van der Waals surface area contributed by atoms with Gasteiger partial charge in [0, 0.05) is 5.56 Å². The molecule has 2 rings (SSSR count). The number of alkyl halides is 9. The highest BCUT2D eigenvalue weighted by atomic mass is 35.6. The first-order valence-electron chi connectivity index (χ1n) is 6.52. The molecule has 1 aromatic rings. The number of rotatable bonds is 2. The summed E-state index contributed by atoms with van der Waals surface area (Å²) < 4.78 is 10.2. The zero-order valence-electron chi connectivity index (χ0n) is 12.1. The zero-order chi connectivity index (χ0) is 19.9. The summed E-state index contributed by atoms with van der Waals surface area (Å²) in [6, 6.07) is 4.14. The van der Waals surface area contributed by atoms with Gasteiger partial charge in [-0.15, -0.1) is 0 Å². The number of halogens is 9. The average molecular weight is 546 g/mol. The smallest absolute Gasteiger partial charge is 0.338 e. The minimum atomic E-state index is -1.95. The molecule has 0 bridgehead atoms. The molecule has 2 atom stereocenters. The monoisotopic (exact) mass is 542 g/mol. The van der Waals surface area contributed by atoms with E-state index in [9.17, 15) is 4.79 Å². The van der Waals surface area contributed by atoms with Gasteiger partial charge in [0.15, 0.2) is 0 Å². The van der Waals surface area contributed by atoms with Crippen molar-refractivity contribution >= 4 is 110 Å². The van der Waals surface area contributed by atoms with Crippen LogP contribution in [0.4, 0.5) is 0 Å². The summed E-state index contributed by atoms with van der Waals surface area (Å²) in [6.07, 6.45) is -2.54. The third kappa shape index (κ3) is 6.28. The van der Waals surface area contributed by atoms with Crippen LogP contribution in [0.15, 0.2) is 18.2 Å². The molecule has 0 aromatic heterocycles. The van der Waals surface area contributed by atoms with Crippen molar-refractivity contribution in [1.29, 1.82) is 0 Å². The van der Waals surface area contributed by atoms with Crippen LogP contribution in [-0.4, -0.2) is 30.2 Å². The van der Waals surface area contributed by atoms with Crippen LogP contribution in [0.5, 0.6) is 5.75 Å². The second-order valence-corrected chi connectivity index (χ2v) is 12.2. The fraction of sp³-hybridized carbons (Fsp3) is 0.462. The molecule has 1 heterocycles. The molecule has 26 heavy (non-hydrogen) atoms. The summed E-state index contributed by atoms with van der Waals surface area (Å²) in [4.78, 5) is 12.1. The van der Waals surface area contributed by atoms with Crippen molar-refractivity contribution in [3.8, 4) is 5.75 Å². The number of carbonyl (C=O) groups excluding carboxylic acids is 1. The number of benzene rings is 1. The van der Waals surface area contributed by atoms with Gasteiger partial charge < -0.3 is 14.2 Å². The second kappa shape index (κ2) is 8.43. The fourth-order valence-corrected chi connectivity index (χ4v) is 2.91. The maximum Gasteiger partial charge on any atom is 0.338 e. The molecule has 1 aromatic carbocycles. The van der Waals surface area contributed by atoms with E-state index in [4.69, 9.17) is 119 Å². The Hall–Kier alpha value is 1.06. The average Bonchev–Trinajstić information content (AvgIpc) is 2.48. The van der Waals surface area contributed by atoms with Gasteiger partial charge in [-0.1, -0.05) is 104 Å². The Balaban J connectivity index is 2.35. The van der Waals surface area contributed by atoms with Crippen molar-refractivity contribution in [2.45, 2.75) is 23.8 Å². The van der Waals surface area contributed by atoms with Crippen molar-refractivity contribution < 1.29 is 19.0 Å². The van der Waals surface area contributed by atoms with E-state index in [1.807, 2.05) is 0 Å². The van der Waals surface area contributed by atoms with Gasteiger partial charge in [-0.25, -0.2) is 4.79 Å². The normalized spacial score (nSPS) is 21.0. The SMILES string of the molecule is O=C(OCC(Cl)(Cl)Cl)c1ccc2c(c1)C(C(Cl)(Cl)Cl)OC(C(Cl)(Cl)Cl)O2. The van der Waals surface area contributed by atoms with Crippen molar-refractivity contribution in [3.63, 3.8) is 0 Å². The highest BCUT2D eigenvalue weighted by Crippen LogP contribution is 2.51. The Kier molecular flexibility index (Phi) is 7.57. The van der Waals surface area contributed by atoms with Crippen LogP contribution in [0.25, 0.3) is 0 Å². The van der Waals surface area contributed by atoms with Crippen LogP contribution in [0.3, 0.4) is 0 Å². The largest absolute Gasteiger partial charge is 0.460 e. The highest BCUT2D eigenvalue weighted by Gasteiger charge is 2.48. The molecule has 0 spiro atoms. The van der Waals surface area contributed by atoms with E-state index in [1.54, 1.807) is 0 Å². The second-order valence-electron chi connectivity index (χ2n) is 4.99. The number of fused-ring (bicyclic) bond motifs is 1. The first-order chi connectivity index (χ1) is 11.7. The van der Waals surface area contributed by atoms with Crippen LogP contribution >= 0.6 is 104 Å². The van der Waals surface area contributed by atoms with E-state index >= 15 is 0 Å². The predicted octanol–water partition coefficient (Wildman–Crippen LogP) is 6.73. The highest BCUT2D eigenvalue weighted by molar-refractivity contribution is 6.69. The summed E-state index contributed by atoms with van der Waals surface area (Å²) in [5.74, 6) is -0.576. The van der Waals surface area contributed by atoms with Gasteiger partial charge in [0.05, 0.1) is 5.56 Å². The quantitative estimate of drug-likeness (QED) is 0.305. The molecule has 0 radical (unpaired) electrons. The Morgan fingerprint density at radius 2 is 1.62 bits per heavy atom. The van der Waals surface area contributed by atoms with Gasteiger partial charge in [0.2, 0.25) is 13.9 Å². The summed E-state index contributed by atoms with van der Waals surface area (Å²) >= 11 is 51.9. The number of hydrogen-bond donors (Lipinski definition) is 0. The van der Waals surface area contributed by atoms with Crippen LogP contribution in [0.2, 0.25) is 0 Å². The maximum absolute atomic E-state index is 12.1. The number of ether oxygens (including phenoxy) is 3. The van der Waals surface area contributed by atoms with E-state index < -0.39 is 36.3 Å². The van der Waals surface area contributed by atoms with Gasteiger partial charge >= 0.3 is 5.97 Å². The number of esters is 1. The molecule has 0 N–H and O–H groups in total. The molecule has 146 valence electrons. The molecule has 4 nitrogen and oxygen atoms in total. The van der Waals surface area contributed by atoms with Crippen molar-refractivity contribution in [3.05, 3.63) is 29.3 Å². The molecular formula is C13H7Cl9O4. The van der Waals surface area contributed by atoms with E-state index in [0.29, 0.717) is 0 Å². The van der Waals surface area contributed by atoms with Crippen LogP contribution in [0, 0.1) is 0 Å². The summed E-state index contributed by atoms with van der Waals surface area (Å²) in [7, 11) is 0. The molecule has 13 heteroatoms. The number of carbonyl (C=O) groups is 1. The zero-order valence-corrected chi connectivity index (χ0v) is 18.9. The van der Waals surface area contributed by atoms with Gasteiger partial charge in [-0.3, -0.25) is 0 Å². The first kappa shape index (κ1) is 23.3. The Morgan fingerprint density at radius 1 is 1.00 bits per heavy atom. The standard InChI is InChI=1S/C13H7Cl9O4/c14-11(15,16)4-24-9(23)5-1-2-7-6(3-5)8(12(17,18)19)26-10(25-7)13(20,21)22/h1-3,8,10H,4H2. The molecule has 1 aliphatic rings. The number of hydrogen-bond acceptors (Lipinski definition) is 4. The van der Waals surface area contributed by atoms with E-state index in [0.717, 1.165) is 0 Å². The third-order valence-electron chi connectivity index (χ3n) is 2.95. The van der Waals surface area contributed by atoms with Crippen LogP contribution in [0.1, 0.15) is 22.0 Å². The molecule has 0 fully saturated rings. The van der Waals surface area contributed by atoms with Gasteiger partial charge in [0.25, 0.3) is 3.79 Å². The summed E-state index contributed by atoms with van der Waals surface area (Å²) in [6.45, 7) is -0.455. The molecular weight excluding hydrogens is 539 g/mol. The Bertz CT molecular complexity index is 678. The fourth-order valence-electron chi connectivity index (χ4n) is 1.96. The Morgan fingerprint density at radius 3 is 2.12 bits per heavy atom. The summed E-state index contributed by atoms with van der Waals surface area (Å²) in [5, 5.41) is 0. The topological polar surface area (TPSA) is 44.8 Å². The van der Waals surface area contributed by atoms with Crippen molar-refractivity contribution in [2.75, 3.05) is 6.61 Å². The molecule has 0 saturated heterocycles. The van der Waals surface area contributed by atoms with Crippen LogP contribution < -0.4 is 4.74 Å². The van der Waals surface area contributed by atoms with Gasteiger partial charge in [0.1, 0.15) is 18.5 Å². The lowest BCUT2D eigenvalue weighted by molar-refractivity contribution is -0.136. The van der Waals surface area contributed by atoms with Crippen molar-refractivity contribution in [2.24, 2.45) is 0 Å².